The molecule has 0 saturated carbocycles. The van der Waals surface area contributed by atoms with Gasteiger partial charge >= 0.3 is 6.18 Å². The number of nitrogens with one attached hydrogen (secondary N) is 2. The van der Waals surface area contributed by atoms with Gasteiger partial charge in [0.1, 0.15) is 5.82 Å². The smallest absolute Gasteiger partial charge is 0.391 e. The first-order valence-corrected chi connectivity index (χ1v) is 7.36. The summed E-state index contributed by atoms with van der Waals surface area (Å²) in [6, 6.07) is 8.65. The van der Waals surface area contributed by atoms with E-state index in [0.29, 0.717) is 11.4 Å². The number of amides is 1. The number of nitrogens with zero attached hydrogens (tertiary/aromatic N) is 1. The Kier molecular flexibility index (Phi) is 5.94. The molecule has 1 unspecified atom stereocenters. The van der Waals surface area contributed by atoms with Gasteiger partial charge in [-0.25, -0.2) is 4.98 Å². The molecule has 1 atom stereocenters. The zero-order valence-electron chi connectivity index (χ0n) is 13.0. The number of benzene rings is 1. The number of anilines is 3. The van der Waals surface area contributed by atoms with E-state index < -0.39 is 17.8 Å². The van der Waals surface area contributed by atoms with Gasteiger partial charge in [-0.2, -0.15) is 13.2 Å². The Hall–Kier alpha value is -2.65. The Morgan fingerprint density at radius 2 is 1.80 bits per heavy atom. The molecule has 134 valence electrons. The van der Waals surface area contributed by atoms with Gasteiger partial charge < -0.3 is 21.5 Å². The summed E-state index contributed by atoms with van der Waals surface area (Å²) < 4.78 is 37.4. The highest BCUT2D eigenvalue weighted by Crippen LogP contribution is 2.29. The Balaban J connectivity index is 1.95. The third-order valence-corrected chi connectivity index (χ3v) is 3.22. The van der Waals surface area contributed by atoms with Gasteiger partial charge in [-0.3, -0.25) is 4.79 Å². The predicted molar refractivity (Wildman–Crippen MR) is 87.3 cm³/mol. The van der Waals surface area contributed by atoms with Crippen LogP contribution in [-0.2, 0) is 11.0 Å². The lowest BCUT2D eigenvalue weighted by Crippen LogP contribution is -2.26. The van der Waals surface area contributed by atoms with Crippen LogP contribution in [0.4, 0.5) is 30.4 Å². The highest BCUT2D eigenvalue weighted by atomic mass is 19.4. The summed E-state index contributed by atoms with van der Waals surface area (Å²) >= 11 is 0. The maximum Gasteiger partial charge on any atom is 0.417 e. The molecule has 1 heterocycles. The molecule has 0 radical (unpaired) electrons. The summed E-state index contributed by atoms with van der Waals surface area (Å²) in [6.07, 6.45) is -4.68. The zero-order valence-corrected chi connectivity index (χ0v) is 13.0. The van der Waals surface area contributed by atoms with E-state index >= 15 is 0 Å². The van der Waals surface area contributed by atoms with Gasteiger partial charge in [0.25, 0.3) is 0 Å². The van der Waals surface area contributed by atoms with Crippen LogP contribution in [0.2, 0.25) is 0 Å². The first kappa shape index (κ1) is 18.7. The number of halogens is 3. The Labute approximate surface area is 141 Å². The minimum absolute atomic E-state index is 0.00356. The quantitative estimate of drug-likeness (QED) is 0.639. The molecule has 1 amide bonds. The summed E-state index contributed by atoms with van der Waals surface area (Å²) in [7, 11) is 0. The maximum absolute atomic E-state index is 12.5. The number of hydrogen-bond acceptors (Lipinski definition) is 5. The molecule has 0 aliphatic carbocycles. The Bertz CT molecular complexity index is 703. The standard InChI is InChI=1S/C16H17F3N4O2/c17-16(18,19)10-1-6-14(21-9-10)22-11-2-4-12(5-3-11)23-15(25)7-13(24)8-20/h1-6,9,13,24H,7-8,20H2,(H,21,22)(H,23,25). The molecule has 1 aromatic carbocycles. The second-order valence-corrected chi connectivity index (χ2v) is 5.27. The second-order valence-electron chi connectivity index (χ2n) is 5.27. The molecule has 0 saturated heterocycles. The molecule has 9 heteroatoms. The van der Waals surface area contributed by atoms with E-state index in [-0.39, 0.29) is 24.7 Å². The number of nitrogens with two attached hydrogens (primary N) is 1. The molecular weight excluding hydrogens is 337 g/mol. The molecule has 2 rings (SSSR count). The van der Waals surface area contributed by atoms with Crippen LogP contribution in [0.1, 0.15) is 12.0 Å². The van der Waals surface area contributed by atoms with E-state index in [2.05, 4.69) is 15.6 Å². The van der Waals surface area contributed by atoms with E-state index in [1.54, 1.807) is 24.3 Å². The van der Waals surface area contributed by atoms with Gasteiger partial charge in [0.05, 0.1) is 18.1 Å². The fourth-order valence-electron chi connectivity index (χ4n) is 1.93. The maximum atomic E-state index is 12.5. The van der Waals surface area contributed by atoms with E-state index in [1.807, 2.05) is 0 Å². The molecule has 5 N–H and O–H groups in total. The van der Waals surface area contributed by atoms with Crippen molar-refractivity contribution in [2.24, 2.45) is 5.73 Å². The van der Waals surface area contributed by atoms with Crippen LogP contribution in [0, 0.1) is 0 Å². The molecule has 6 nitrogen and oxygen atoms in total. The van der Waals surface area contributed by atoms with E-state index in [1.165, 1.54) is 6.07 Å². The van der Waals surface area contributed by atoms with Crippen molar-refractivity contribution in [3.05, 3.63) is 48.2 Å². The number of alkyl halides is 3. The van der Waals surface area contributed by atoms with Gasteiger partial charge in [0.15, 0.2) is 0 Å². The minimum Gasteiger partial charge on any atom is -0.391 e. The van der Waals surface area contributed by atoms with Crippen molar-refractivity contribution >= 4 is 23.1 Å². The van der Waals surface area contributed by atoms with Crippen LogP contribution in [0.3, 0.4) is 0 Å². The molecule has 0 bridgehead atoms. The average molecular weight is 354 g/mol. The monoisotopic (exact) mass is 354 g/mol. The Morgan fingerprint density at radius 3 is 2.32 bits per heavy atom. The number of carbonyl (C=O) groups excluding carboxylic acids is 1. The van der Waals surface area contributed by atoms with Crippen molar-refractivity contribution < 1.29 is 23.1 Å². The lowest BCUT2D eigenvalue weighted by molar-refractivity contribution is -0.137. The van der Waals surface area contributed by atoms with Crippen molar-refractivity contribution in [2.75, 3.05) is 17.2 Å². The van der Waals surface area contributed by atoms with Gasteiger partial charge in [0, 0.05) is 24.1 Å². The third-order valence-electron chi connectivity index (χ3n) is 3.22. The predicted octanol–water partition coefficient (Wildman–Crippen LogP) is 2.49. The van der Waals surface area contributed by atoms with Crippen molar-refractivity contribution in [2.45, 2.75) is 18.7 Å². The lowest BCUT2D eigenvalue weighted by Gasteiger charge is -2.11. The fourth-order valence-corrected chi connectivity index (χ4v) is 1.93. The van der Waals surface area contributed by atoms with Crippen molar-refractivity contribution in [3.8, 4) is 0 Å². The molecule has 25 heavy (non-hydrogen) atoms. The van der Waals surface area contributed by atoms with E-state index in [9.17, 15) is 23.1 Å². The summed E-state index contributed by atoms with van der Waals surface area (Å²) in [5.41, 5.74) is 5.51. The van der Waals surface area contributed by atoms with Crippen LogP contribution in [0.5, 0.6) is 0 Å². The normalized spacial score (nSPS) is 12.5. The van der Waals surface area contributed by atoms with Crippen molar-refractivity contribution in [1.29, 1.82) is 0 Å². The first-order valence-electron chi connectivity index (χ1n) is 7.36. The van der Waals surface area contributed by atoms with Crippen molar-refractivity contribution in [3.63, 3.8) is 0 Å². The van der Waals surface area contributed by atoms with Gasteiger partial charge in [-0.1, -0.05) is 0 Å². The Morgan fingerprint density at radius 1 is 1.16 bits per heavy atom. The molecule has 0 fully saturated rings. The third kappa shape index (κ3) is 5.73. The highest BCUT2D eigenvalue weighted by Gasteiger charge is 2.30. The summed E-state index contributed by atoms with van der Waals surface area (Å²) in [6.45, 7) is -0.00356. The summed E-state index contributed by atoms with van der Waals surface area (Å²) in [5.74, 6) is -0.112. The lowest BCUT2D eigenvalue weighted by atomic mass is 10.2. The molecule has 2 aromatic rings. The van der Waals surface area contributed by atoms with Gasteiger partial charge in [0.2, 0.25) is 5.91 Å². The number of aliphatic hydroxyl groups is 1. The summed E-state index contributed by atoms with van der Waals surface area (Å²) in [5, 5.41) is 14.8. The number of hydrogen-bond donors (Lipinski definition) is 4. The van der Waals surface area contributed by atoms with E-state index in [0.717, 1.165) is 12.3 Å². The van der Waals surface area contributed by atoms with Crippen LogP contribution < -0.4 is 16.4 Å². The first-order chi connectivity index (χ1) is 11.8. The minimum atomic E-state index is -4.43. The number of pyridine rings is 1. The number of aliphatic hydroxyl groups excluding tert-OH is 1. The average Bonchev–Trinajstić information content (AvgIpc) is 2.56. The van der Waals surface area contributed by atoms with Gasteiger partial charge in [-0.15, -0.1) is 0 Å². The number of carbonyl (C=O) groups is 1. The van der Waals surface area contributed by atoms with E-state index in [4.69, 9.17) is 5.73 Å². The second kappa shape index (κ2) is 7.95. The topological polar surface area (TPSA) is 100 Å². The van der Waals surface area contributed by atoms with Crippen LogP contribution >= 0.6 is 0 Å². The van der Waals surface area contributed by atoms with Crippen LogP contribution in [-0.4, -0.2) is 28.6 Å². The number of rotatable bonds is 6. The highest BCUT2D eigenvalue weighted by molar-refractivity contribution is 5.91. The summed E-state index contributed by atoms with van der Waals surface area (Å²) in [4.78, 5) is 15.3. The SMILES string of the molecule is NCC(O)CC(=O)Nc1ccc(Nc2ccc(C(F)(F)F)cn2)cc1. The molecule has 0 aliphatic rings. The zero-order chi connectivity index (χ0) is 18.4. The number of aromatic nitrogens is 1. The molecule has 0 spiro atoms. The van der Waals surface area contributed by atoms with Crippen LogP contribution in [0.15, 0.2) is 42.6 Å². The van der Waals surface area contributed by atoms with Crippen molar-refractivity contribution in [1.82, 2.24) is 4.98 Å². The molecule has 1 aromatic heterocycles. The van der Waals surface area contributed by atoms with Gasteiger partial charge in [-0.05, 0) is 36.4 Å². The molecular formula is C16H17F3N4O2. The largest absolute Gasteiger partial charge is 0.417 e. The molecule has 0 aliphatic heterocycles. The fraction of sp³-hybridized carbons (Fsp3) is 0.250. The van der Waals surface area contributed by atoms with Crippen LogP contribution in [0.25, 0.3) is 0 Å².